The van der Waals surface area contributed by atoms with Crippen LogP contribution in [0, 0.1) is 11.3 Å². The molecule has 0 bridgehead atoms. The van der Waals surface area contributed by atoms with Gasteiger partial charge in [-0.2, -0.15) is 5.26 Å². The summed E-state index contributed by atoms with van der Waals surface area (Å²) in [7, 11) is -2.61. The van der Waals surface area contributed by atoms with Gasteiger partial charge in [0.05, 0.1) is 30.2 Å². The Balaban J connectivity index is 2.44. The molecule has 0 saturated carbocycles. The topological polar surface area (TPSA) is 108 Å². The van der Waals surface area contributed by atoms with Crippen LogP contribution in [0.2, 0.25) is 0 Å². The van der Waals surface area contributed by atoms with Crippen molar-refractivity contribution in [2.45, 2.75) is 11.3 Å². The third-order valence-electron chi connectivity index (χ3n) is 3.43. The molecular formula is C17H16N2O5S. The van der Waals surface area contributed by atoms with Crippen molar-refractivity contribution in [3.8, 4) is 11.8 Å². The lowest BCUT2D eigenvalue weighted by molar-refractivity contribution is -0.135. The third kappa shape index (κ3) is 4.28. The summed E-state index contributed by atoms with van der Waals surface area (Å²) in [5, 5.41) is 17.8. The van der Waals surface area contributed by atoms with Gasteiger partial charge in [-0.3, -0.25) is 9.10 Å². The zero-order chi connectivity index (χ0) is 18.4. The Kier molecular flexibility index (Phi) is 5.62. The van der Waals surface area contributed by atoms with Crippen molar-refractivity contribution in [2.24, 2.45) is 0 Å². The van der Waals surface area contributed by atoms with Gasteiger partial charge < -0.3 is 9.84 Å². The lowest BCUT2D eigenvalue weighted by atomic mass is 10.1. The van der Waals surface area contributed by atoms with Gasteiger partial charge in [0.1, 0.15) is 12.3 Å². The SMILES string of the molecule is COc1ccc(S(=O)(=O)N(CC(=O)O)c2ccc(CC#N)cc2)cc1. The van der Waals surface area contributed by atoms with Crippen LogP contribution in [0.15, 0.2) is 53.4 Å². The minimum atomic E-state index is -4.07. The number of carboxylic acids is 1. The number of nitrogens with zero attached hydrogens (tertiary/aromatic N) is 2. The van der Waals surface area contributed by atoms with Crippen LogP contribution in [0.3, 0.4) is 0 Å². The Hall–Kier alpha value is -3.05. The number of hydrogen-bond donors (Lipinski definition) is 1. The summed E-state index contributed by atoms with van der Waals surface area (Å²) in [6, 6.07) is 13.8. The van der Waals surface area contributed by atoms with E-state index in [4.69, 9.17) is 15.1 Å². The number of benzene rings is 2. The van der Waals surface area contributed by atoms with Gasteiger partial charge in [-0.05, 0) is 42.0 Å². The summed E-state index contributed by atoms with van der Waals surface area (Å²) in [6.45, 7) is -0.716. The number of sulfonamides is 1. The predicted molar refractivity (Wildman–Crippen MR) is 90.9 cm³/mol. The minimum Gasteiger partial charge on any atom is -0.497 e. The number of carbonyl (C=O) groups is 1. The van der Waals surface area contributed by atoms with Gasteiger partial charge in [-0.15, -0.1) is 0 Å². The second kappa shape index (κ2) is 7.68. The second-order valence-corrected chi connectivity index (χ2v) is 6.94. The summed E-state index contributed by atoms with van der Waals surface area (Å²) in [5.41, 5.74) is 0.920. The van der Waals surface area contributed by atoms with Crippen LogP contribution in [0.25, 0.3) is 0 Å². The van der Waals surface area contributed by atoms with Crippen LogP contribution in [0.5, 0.6) is 5.75 Å². The van der Waals surface area contributed by atoms with Crippen LogP contribution in [0.1, 0.15) is 5.56 Å². The van der Waals surface area contributed by atoms with Crippen LogP contribution < -0.4 is 9.04 Å². The predicted octanol–water partition coefficient (Wildman–Crippen LogP) is 2.04. The molecule has 7 nitrogen and oxygen atoms in total. The van der Waals surface area contributed by atoms with Crippen LogP contribution in [-0.4, -0.2) is 33.1 Å². The second-order valence-electron chi connectivity index (χ2n) is 5.08. The highest BCUT2D eigenvalue weighted by Crippen LogP contribution is 2.25. The fourth-order valence-electron chi connectivity index (χ4n) is 2.18. The van der Waals surface area contributed by atoms with Gasteiger partial charge in [-0.1, -0.05) is 12.1 Å². The lowest BCUT2D eigenvalue weighted by Crippen LogP contribution is -2.35. The summed E-state index contributed by atoms with van der Waals surface area (Å²) < 4.78 is 31.5. The van der Waals surface area contributed by atoms with E-state index < -0.39 is 22.5 Å². The van der Waals surface area contributed by atoms with Gasteiger partial charge in [0.2, 0.25) is 0 Å². The molecule has 1 N–H and O–H groups in total. The third-order valence-corrected chi connectivity index (χ3v) is 5.22. The molecule has 2 aromatic rings. The fraction of sp³-hybridized carbons (Fsp3) is 0.176. The zero-order valence-electron chi connectivity index (χ0n) is 13.4. The van der Waals surface area contributed by atoms with Gasteiger partial charge in [-0.25, -0.2) is 8.42 Å². The van der Waals surface area contributed by atoms with E-state index in [1.54, 1.807) is 12.1 Å². The molecule has 0 spiro atoms. The average Bonchev–Trinajstić information content (AvgIpc) is 2.60. The monoisotopic (exact) mass is 360 g/mol. The number of hydrogen-bond acceptors (Lipinski definition) is 5. The minimum absolute atomic E-state index is 0.0457. The molecule has 0 amide bonds. The molecule has 8 heteroatoms. The number of aliphatic carboxylic acids is 1. The first-order valence-electron chi connectivity index (χ1n) is 7.23. The molecule has 0 aliphatic heterocycles. The van der Waals surface area contributed by atoms with Crippen LogP contribution in [-0.2, 0) is 21.2 Å². The number of methoxy groups -OCH3 is 1. The van der Waals surface area contributed by atoms with E-state index in [0.717, 1.165) is 4.31 Å². The Morgan fingerprint density at radius 2 is 1.76 bits per heavy atom. The molecule has 2 aromatic carbocycles. The molecule has 0 aromatic heterocycles. The van der Waals surface area contributed by atoms with Crippen molar-refractivity contribution in [1.82, 2.24) is 0 Å². The Labute approximate surface area is 145 Å². The van der Waals surface area contributed by atoms with E-state index >= 15 is 0 Å². The molecular weight excluding hydrogens is 344 g/mol. The van der Waals surface area contributed by atoms with Crippen molar-refractivity contribution < 1.29 is 23.1 Å². The summed E-state index contributed by atoms with van der Waals surface area (Å²) in [6.07, 6.45) is 0.185. The van der Waals surface area contributed by atoms with Crippen molar-refractivity contribution in [3.63, 3.8) is 0 Å². The molecule has 0 heterocycles. The highest BCUT2D eigenvalue weighted by molar-refractivity contribution is 7.92. The number of rotatable bonds is 7. The normalized spacial score (nSPS) is 10.7. The molecule has 0 saturated heterocycles. The van der Waals surface area contributed by atoms with E-state index in [1.807, 2.05) is 6.07 Å². The van der Waals surface area contributed by atoms with Crippen LogP contribution in [0.4, 0.5) is 5.69 Å². The largest absolute Gasteiger partial charge is 0.497 e. The maximum Gasteiger partial charge on any atom is 0.324 e. The summed E-state index contributed by atoms with van der Waals surface area (Å²) in [5.74, 6) is -0.789. The first-order valence-corrected chi connectivity index (χ1v) is 8.67. The van der Waals surface area contributed by atoms with Crippen molar-refractivity contribution >= 4 is 21.7 Å². The van der Waals surface area contributed by atoms with Crippen molar-refractivity contribution in [2.75, 3.05) is 18.0 Å². The molecule has 2 rings (SSSR count). The van der Waals surface area contributed by atoms with Crippen LogP contribution >= 0.6 is 0 Å². The fourth-order valence-corrected chi connectivity index (χ4v) is 3.60. The van der Waals surface area contributed by atoms with E-state index in [9.17, 15) is 13.2 Å². The number of nitriles is 1. The summed E-state index contributed by atoms with van der Waals surface area (Å²) >= 11 is 0. The highest BCUT2D eigenvalue weighted by Gasteiger charge is 2.27. The Bertz CT molecular complexity index is 884. The number of anilines is 1. The molecule has 130 valence electrons. The Morgan fingerprint density at radius 3 is 2.24 bits per heavy atom. The van der Waals surface area contributed by atoms with Crippen molar-refractivity contribution in [3.05, 3.63) is 54.1 Å². The highest BCUT2D eigenvalue weighted by atomic mass is 32.2. The quantitative estimate of drug-likeness (QED) is 0.809. The van der Waals surface area contributed by atoms with Gasteiger partial charge in [0.15, 0.2) is 0 Å². The summed E-state index contributed by atoms with van der Waals surface area (Å²) in [4.78, 5) is 11.1. The first kappa shape index (κ1) is 18.3. The maximum absolute atomic E-state index is 12.8. The molecule has 0 aliphatic rings. The smallest absolute Gasteiger partial charge is 0.324 e. The Morgan fingerprint density at radius 1 is 1.16 bits per heavy atom. The molecule has 0 aliphatic carbocycles. The van der Waals surface area contributed by atoms with E-state index in [1.165, 1.54) is 43.5 Å². The van der Waals surface area contributed by atoms with E-state index in [0.29, 0.717) is 11.3 Å². The van der Waals surface area contributed by atoms with Gasteiger partial charge in [0.25, 0.3) is 10.0 Å². The van der Waals surface area contributed by atoms with Crippen molar-refractivity contribution in [1.29, 1.82) is 5.26 Å². The molecule has 0 atom stereocenters. The standard InChI is InChI=1S/C17H16N2O5S/c1-24-15-6-8-16(9-7-15)25(22,23)19(12-17(20)21)14-4-2-13(3-5-14)10-11-18/h2-9H,10,12H2,1H3,(H,20,21). The molecule has 25 heavy (non-hydrogen) atoms. The average molecular weight is 360 g/mol. The van der Waals surface area contributed by atoms with E-state index in [2.05, 4.69) is 0 Å². The van der Waals surface area contributed by atoms with Gasteiger partial charge in [0, 0.05) is 0 Å². The van der Waals surface area contributed by atoms with E-state index in [-0.39, 0.29) is 17.0 Å². The molecule has 0 unspecified atom stereocenters. The lowest BCUT2D eigenvalue weighted by Gasteiger charge is -2.23. The number of carboxylic acid groups (broad SMARTS) is 1. The van der Waals surface area contributed by atoms with Gasteiger partial charge >= 0.3 is 5.97 Å². The maximum atomic E-state index is 12.8. The number of ether oxygens (including phenoxy) is 1. The zero-order valence-corrected chi connectivity index (χ0v) is 14.2. The molecule has 0 fully saturated rings. The first-order chi connectivity index (χ1) is 11.9. The molecule has 0 radical (unpaired) electrons.